The first kappa shape index (κ1) is 16.3. The number of hydrogen-bond acceptors (Lipinski definition) is 4. The van der Waals surface area contributed by atoms with E-state index in [1.54, 1.807) is 18.5 Å². The van der Waals surface area contributed by atoms with Gasteiger partial charge in [0.1, 0.15) is 5.52 Å². The van der Waals surface area contributed by atoms with Gasteiger partial charge in [0.05, 0.1) is 25.1 Å². The van der Waals surface area contributed by atoms with Gasteiger partial charge in [-0.05, 0) is 33.6 Å². The molecule has 6 nitrogen and oxygen atoms in total. The number of ether oxygens (including phenoxy) is 2. The minimum absolute atomic E-state index is 0.153. The predicted octanol–water partition coefficient (Wildman–Crippen LogP) is 3.30. The second-order valence-corrected chi connectivity index (χ2v) is 6.57. The number of benzene rings is 2. The highest BCUT2D eigenvalue weighted by Gasteiger charge is 2.21. The molecular formula is C18H16BrN3O3. The number of imidazole rings is 1. The van der Waals surface area contributed by atoms with Crippen molar-refractivity contribution in [3.63, 3.8) is 0 Å². The molecule has 2 aromatic carbocycles. The lowest BCUT2D eigenvalue weighted by atomic mass is 10.1. The lowest BCUT2D eigenvalue weighted by Crippen LogP contribution is -2.23. The van der Waals surface area contributed by atoms with Crippen LogP contribution in [-0.2, 0) is 16.0 Å². The van der Waals surface area contributed by atoms with E-state index in [1.807, 2.05) is 24.3 Å². The SMILES string of the molecule is O=C(NCc1ccccc1C1OCCO1)c1cc(Br)c2nc[nH]c2c1. The van der Waals surface area contributed by atoms with Crippen molar-refractivity contribution in [3.05, 3.63) is 63.9 Å². The largest absolute Gasteiger partial charge is 0.348 e. The molecule has 1 aliphatic rings. The molecule has 0 saturated carbocycles. The maximum Gasteiger partial charge on any atom is 0.251 e. The number of hydrogen-bond donors (Lipinski definition) is 2. The maximum atomic E-state index is 12.5. The van der Waals surface area contributed by atoms with E-state index < -0.39 is 0 Å². The molecular weight excluding hydrogens is 386 g/mol. The second-order valence-electron chi connectivity index (χ2n) is 5.71. The third kappa shape index (κ3) is 3.30. The molecule has 1 saturated heterocycles. The van der Waals surface area contributed by atoms with Crippen LogP contribution < -0.4 is 5.32 Å². The van der Waals surface area contributed by atoms with Gasteiger partial charge in [0.2, 0.25) is 0 Å². The fraction of sp³-hybridized carbons (Fsp3) is 0.222. The zero-order valence-electron chi connectivity index (χ0n) is 13.3. The fourth-order valence-electron chi connectivity index (χ4n) is 2.88. The van der Waals surface area contributed by atoms with Crippen molar-refractivity contribution in [1.29, 1.82) is 0 Å². The Morgan fingerprint density at radius 1 is 1.28 bits per heavy atom. The first-order chi connectivity index (χ1) is 12.2. The summed E-state index contributed by atoms with van der Waals surface area (Å²) in [5.41, 5.74) is 4.11. The Morgan fingerprint density at radius 3 is 2.92 bits per heavy atom. The highest BCUT2D eigenvalue weighted by atomic mass is 79.9. The van der Waals surface area contributed by atoms with Crippen molar-refractivity contribution in [2.24, 2.45) is 0 Å². The summed E-state index contributed by atoms with van der Waals surface area (Å²) in [5, 5.41) is 2.96. The molecule has 2 heterocycles. The van der Waals surface area contributed by atoms with Crippen LogP contribution in [0.2, 0.25) is 0 Å². The van der Waals surface area contributed by atoms with E-state index in [2.05, 4.69) is 31.2 Å². The van der Waals surface area contributed by atoms with Crippen LogP contribution in [0.5, 0.6) is 0 Å². The molecule has 0 atom stereocenters. The number of aromatic amines is 1. The van der Waals surface area contributed by atoms with Gasteiger partial charge in [0.25, 0.3) is 5.91 Å². The summed E-state index contributed by atoms with van der Waals surface area (Å²) >= 11 is 3.45. The smallest absolute Gasteiger partial charge is 0.251 e. The summed E-state index contributed by atoms with van der Waals surface area (Å²) in [6.07, 6.45) is 1.25. The quantitative estimate of drug-likeness (QED) is 0.702. The molecule has 7 heteroatoms. The van der Waals surface area contributed by atoms with Gasteiger partial charge >= 0.3 is 0 Å². The summed E-state index contributed by atoms with van der Waals surface area (Å²) in [5.74, 6) is -0.153. The predicted molar refractivity (Wildman–Crippen MR) is 96.1 cm³/mol. The summed E-state index contributed by atoms with van der Waals surface area (Å²) in [7, 11) is 0. The maximum absolute atomic E-state index is 12.5. The van der Waals surface area contributed by atoms with Crippen molar-refractivity contribution >= 4 is 32.9 Å². The summed E-state index contributed by atoms with van der Waals surface area (Å²) < 4.78 is 11.9. The third-order valence-corrected chi connectivity index (χ3v) is 4.71. The van der Waals surface area contributed by atoms with Gasteiger partial charge < -0.3 is 19.8 Å². The molecule has 3 aromatic rings. The number of fused-ring (bicyclic) bond motifs is 1. The molecule has 4 rings (SSSR count). The van der Waals surface area contributed by atoms with Crippen LogP contribution in [0.3, 0.4) is 0 Å². The zero-order valence-corrected chi connectivity index (χ0v) is 14.9. The molecule has 0 bridgehead atoms. The molecule has 0 spiro atoms. The first-order valence-corrected chi connectivity index (χ1v) is 8.73. The van der Waals surface area contributed by atoms with Crippen LogP contribution in [0, 0.1) is 0 Å². The molecule has 2 N–H and O–H groups in total. The van der Waals surface area contributed by atoms with Crippen molar-refractivity contribution in [2.45, 2.75) is 12.8 Å². The van der Waals surface area contributed by atoms with Gasteiger partial charge in [-0.3, -0.25) is 4.79 Å². The van der Waals surface area contributed by atoms with Crippen LogP contribution >= 0.6 is 15.9 Å². The Balaban J connectivity index is 1.52. The van der Waals surface area contributed by atoms with Gasteiger partial charge in [-0.1, -0.05) is 24.3 Å². The average Bonchev–Trinajstić information content (AvgIpc) is 3.31. The Morgan fingerprint density at radius 2 is 2.08 bits per heavy atom. The van der Waals surface area contributed by atoms with E-state index in [4.69, 9.17) is 9.47 Å². The number of rotatable bonds is 4. The van der Waals surface area contributed by atoms with E-state index >= 15 is 0 Å². The highest BCUT2D eigenvalue weighted by Crippen LogP contribution is 2.26. The molecule has 1 aromatic heterocycles. The monoisotopic (exact) mass is 401 g/mol. The summed E-state index contributed by atoms with van der Waals surface area (Å²) in [4.78, 5) is 19.8. The van der Waals surface area contributed by atoms with Gasteiger partial charge in [-0.15, -0.1) is 0 Å². The molecule has 25 heavy (non-hydrogen) atoms. The lowest BCUT2D eigenvalue weighted by Gasteiger charge is -2.15. The highest BCUT2D eigenvalue weighted by molar-refractivity contribution is 9.10. The number of nitrogens with zero attached hydrogens (tertiary/aromatic N) is 1. The van der Waals surface area contributed by atoms with E-state index in [9.17, 15) is 4.79 Å². The van der Waals surface area contributed by atoms with Crippen molar-refractivity contribution < 1.29 is 14.3 Å². The molecule has 0 aliphatic carbocycles. The Labute approximate surface area is 152 Å². The number of nitrogens with one attached hydrogen (secondary N) is 2. The Hall–Kier alpha value is -2.22. The zero-order chi connectivity index (χ0) is 17.2. The van der Waals surface area contributed by atoms with Crippen LogP contribution in [0.4, 0.5) is 0 Å². The van der Waals surface area contributed by atoms with Crippen LogP contribution in [-0.4, -0.2) is 29.1 Å². The minimum atomic E-state index is -0.358. The summed E-state index contributed by atoms with van der Waals surface area (Å²) in [6.45, 7) is 1.57. The van der Waals surface area contributed by atoms with Crippen molar-refractivity contribution in [2.75, 3.05) is 13.2 Å². The molecule has 1 aliphatic heterocycles. The van der Waals surface area contributed by atoms with Crippen molar-refractivity contribution in [1.82, 2.24) is 15.3 Å². The van der Waals surface area contributed by atoms with Crippen LogP contribution in [0.15, 0.2) is 47.2 Å². The number of carbonyl (C=O) groups is 1. The summed E-state index contributed by atoms with van der Waals surface area (Å²) in [6, 6.07) is 11.4. The third-order valence-electron chi connectivity index (χ3n) is 4.11. The van der Waals surface area contributed by atoms with Gasteiger partial charge in [-0.2, -0.15) is 0 Å². The van der Waals surface area contributed by atoms with E-state index in [0.717, 1.165) is 26.6 Å². The standard InChI is InChI=1S/C18H16BrN3O3/c19-14-7-12(8-15-16(14)22-10-21-15)17(23)20-9-11-3-1-2-4-13(11)18-24-5-6-25-18/h1-4,7-8,10,18H,5-6,9H2,(H,20,23)(H,21,22). The normalized spacial score (nSPS) is 14.9. The Bertz CT molecular complexity index is 919. The van der Waals surface area contributed by atoms with Gasteiger partial charge in [0, 0.05) is 22.1 Å². The van der Waals surface area contributed by atoms with Gasteiger partial charge in [-0.25, -0.2) is 4.98 Å². The Kier molecular flexibility index (Phi) is 4.52. The van der Waals surface area contributed by atoms with Gasteiger partial charge in [0.15, 0.2) is 6.29 Å². The molecule has 0 unspecified atom stereocenters. The first-order valence-electron chi connectivity index (χ1n) is 7.94. The number of H-pyrrole nitrogens is 1. The van der Waals surface area contributed by atoms with Crippen LogP contribution in [0.25, 0.3) is 11.0 Å². The van der Waals surface area contributed by atoms with Crippen LogP contribution in [0.1, 0.15) is 27.8 Å². The molecule has 0 radical (unpaired) electrons. The number of aromatic nitrogens is 2. The molecule has 1 fully saturated rings. The average molecular weight is 402 g/mol. The topological polar surface area (TPSA) is 76.2 Å². The van der Waals surface area contributed by atoms with E-state index in [0.29, 0.717) is 25.3 Å². The lowest BCUT2D eigenvalue weighted by molar-refractivity contribution is -0.0447. The fourth-order valence-corrected chi connectivity index (χ4v) is 3.44. The second kappa shape index (κ2) is 6.95. The van der Waals surface area contributed by atoms with E-state index in [-0.39, 0.29) is 12.2 Å². The molecule has 1 amide bonds. The number of amides is 1. The minimum Gasteiger partial charge on any atom is -0.348 e. The number of carbonyl (C=O) groups excluding carboxylic acids is 1. The molecule has 128 valence electrons. The van der Waals surface area contributed by atoms with E-state index in [1.165, 1.54) is 0 Å². The van der Waals surface area contributed by atoms with Crippen molar-refractivity contribution in [3.8, 4) is 0 Å². The number of halogens is 1.